The molecule has 25 heavy (non-hydrogen) atoms. The van der Waals surface area contributed by atoms with Crippen LogP contribution in [0.15, 0.2) is 69.4 Å². The minimum atomic E-state index is -0.248. The van der Waals surface area contributed by atoms with E-state index < -0.39 is 0 Å². The van der Waals surface area contributed by atoms with Gasteiger partial charge in [-0.05, 0) is 29.8 Å². The maximum absolute atomic E-state index is 13.1. The summed E-state index contributed by atoms with van der Waals surface area (Å²) in [6.45, 7) is 0. The monoisotopic (exact) mass is 370 g/mol. The average molecular weight is 370 g/mol. The van der Waals surface area contributed by atoms with Crippen LogP contribution in [-0.2, 0) is 12.2 Å². The van der Waals surface area contributed by atoms with Gasteiger partial charge in [-0.1, -0.05) is 42.1 Å². The molecule has 4 rings (SSSR count). The van der Waals surface area contributed by atoms with Gasteiger partial charge in [0.15, 0.2) is 5.16 Å². The molecule has 0 spiro atoms. The van der Waals surface area contributed by atoms with Crippen molar-refractivity contribution in [3.8, 4) is 5.69 Å². The molecule has 126 valence electrons. The predicted octanol–water partition coefficient (Wildman–Crippen LogP) is 4.31. The zero-order chi connectivity index (χ0) is 17.2. The van der Waals surface area contributed by atoms with E-state index in [0.29, 0.717) is 10.9 Å². The van der Waals surface area contributed by atoms with Crippen LogP contribution in [0, 0.1) is 5.82 Å². The molecule has 2 aromatic carbocycles. The number of thioether (sulfide) groups is 2. The van der Waals surface area contributed by atoms with Gasteiger partial charge in [-0.25, -0.2) is 9.37 Å². The Balaban J connectivity index is 1.74. The highest BCUT2D eigenvalue weighted by Gasteiger charge is 2.22. The summed E-state index contributed by atoms with van der Waals surface area (Å²) in [5.74, 6) is 1.28. The van der Waals surface area contributed by atoms with E-state index in [1.54, 1.807) is 28.5 Å². The second kappa shape index (κ2) is 7.06. The van der Waals surface area contributed by atoms with E-state index in [-0.39, 0.29) is 11.4 Å². The molecule has 1 aliphatic heterocycles. The van der Waals surface area contributed by atoms with E-state index in [4.69, 9.17) is 4.98 Å². The lowest BCUT2D eigenvalue weighted by atomic mass is 10.2. The zero-order valence-corrected chi connectivity index (χ0v) is 14.9. The van der Waals surface area contributed by atoms with Crippen molar-refractivity contribution in [2.75, 3.05) is 5.75 Å². The molecule has 6 heteroatoms. The third kappa shape index (κ3) is 3.37. The van der Waals surface area contributed by atoms with Crippen molar-refractivity contribution in [3.05, 3.63) is 82.0 Å². The molecule has 0 atom stereocenters. The van der Waals surface area contributed by atoms with Crippen molar-refractivity contribution in [1.29, 1.82) is 0 Å². The molecule has 0 saturated heterocycles. The molecular formula is C19H15FN2OS2. The summed E-state index contributed by atoms with van der Waals surface area (Å²) >= 11 is 3.08. The Kier molecular flexibility index (Phi) is 4.63. The highest BCUT2D eigenvalue weighted by molar-refractivity contribution is 7.99. The topological polar surface area (TPSA) is 34.9 Å². The maximum atomic E-state index is 13.1. The lowest BCUT2D eigenvalue weighted by Crippen LogP contribution is -2.23. The SMILES string of the molecule is O=c1c2c(nc(SCc3ccc(F)cc3)n1-c1ccccc1)CCS2. The lowest BCUT2D eigenvalue weighted by molar-refractivity contribution is 0.627. The number of benzene rings is 2. The number of aromatic nitrogens is 2. The van der Waals surface area contributed by atoms with Gasteiger partial charge in [0.25, 0.3) is 5.56 Å². The van der Waals surface area contributed by atoms with Crippen LogP contribution < -0.4 is 5.56 Å². The first-order valence-electron chi connectivity index (χ1n) is 7.94. The van der Waals surface area contributed by atoms with E-state index in [9.17, 15) is 9.18 Å². The van der Waals surface area contributed by atoms with Gasteiger partial charge in [0.05, 0.1) is 16.3 Å². The van der Waals surface area contributed by atoms with Crippen molar-refractivity contribution >= 4 is 23.5 Å². The summed E-state index contributed by atoms with van der Waals surface area (Å²) in [5, 5.41) is 0.682. The van der Waals surface area contributed by atoms with E-state index in [1.807, 2.05) is 30.3 Å². The van der Waals surface area contributed by atoms with Crippen LogP contribution >= 0.6 is 23.5 Å². The average Bonchev–Trinajstić information content (AvgIpc) is 3.11. The largest absolute Gasteiger partial charge is 0.272 e. The first kappa shape index (κ1) is 16.4. The number of hydrogen-bond donors (Lipinski definition) is 0. The molecule has 0 unspecified atom stereocenters. The molecule has 1 aromatic heterocycles. The number of hydrogen-bond acceptors (Lipinski definition) is 4. The van der Waals surface area contributed by atoms with Gasteiger partial charge in [0.1, 0.15) is 5.82 Å². The molecule has 0 N–H and O–H groups in total. The number of nitrogens with zero attached hydrogens (tertiary/aromatic N) is 2. The van der Waals surface area contributed by atoms with E-state index in [0.717, 1.165) is 34.0 Å². The quantitative estimate of drug-likeness (QED) is 0.506. The second-order valence-electron chi connectivity index (χ2n) is 5.66. The summed E-state index contributed by atoms with van der Waals surface area (Å²) in [4.78, 5) is 18.5. The fourth-order valence-electron chi connectivity index (χ4n) is 2.72. The number of halogens is 1. The number of aryl methyl sites for hydroxylation is 1. The summed E-state index contributed by atoms with van der Waals surface area (Å²) < 4.78 is 14.8. The van der Waals surface area contributed by atoms with Crippen molar-refractivity contribution in [3.63, 3.8) is 0 Å². The molecule has 1 aliphatic rings. The smallest absolute Gasteiger partial charge is 0.268 e. The number of fused-ring (bicyclic) bond motifs is 1. The Morgan fingerprint density at radius 1 is 1.12 bits per heavy atom. The number of para-hydroxylation sites is 1. The molecule has 3 aromatic rings. The van der Waals surface area contributed by atoms with E-state index in [2.05, 4.69) is 0 Å². The van der Waals surface area contributed by atoms with Crippen LogP contribution in [0.5, 0.6) is 0 Å². The maximum Gasteiger partial charge on any atom is 0.272 e. The molecule has 0 aliphatic carbocycles. The third-order valence-corrected chi connectivity index (χ3v) is 6.08. The Bertz CT molecular complexity index is 956. The Labute approximate surface area is 153 Å². The first-order chi connectivity index (χ1) is 12.2. The van der Waals surface area contributed by atoms with Gasteiger partial charge in [0, 0.05) is 17.9 Å². The van der Waals surface area contributed by atoms with Gasteiger partial charge in [0.2, 0.25) is 0 Å². The van der Waals surface area contributed by atoms with Crippen molar-refractivity contribution in [2.24, 2.45) is 0 Å². The molecule has 0 saturated carbocycles. The lowest BCUT2D eigenvalue weighted by Gasteiger charge is -2.13. The van der Waals surface area contributed by atoms with Crippen molar-refractivity contribution in [2.45, 2.75) is 22.2 Å². The van der Waals surface area contributed by atoms with Crippen LogP contribution in [0.3, 0.4) is 0 Å². The molecule has 2 heterocycles. The Hall–Kier alpha value is -2.05. The van der Waals surface area contributed by atoms with Crippen molar-refractivity contribution < 1.29 is 4.39 Å². The van der Waals surface area contributed by atoms with E-state index in [1.165, 1.54) is 23.9 Å². The normalized spacial score (nSPS) is 13.0. The molecule has 0 fully saturated rings. The number of rotatable bonds is 4. The van der Waals surface area contributed by atoms with Gasteiger partial charge in [-0.15, -0.1) is 11.8 Å². The first-order valence-corrected chi connectivity index (χ1v) is 9.91. The fraction of sp³-hybridized carbons (Fsp3) is 0.158. The van der Waals surface area contributed by atoms with Crippen LogP contribution in [0.2, 0.25) is 0 Å². The highest BCUT2D eigenvalue weighted by atomic mass is 32.2. The molecular weight excluding hydrogens is 355 g/mol. The van der Waals surface area contributed by atoms with Crippen molar-refractivity contribution in [1.82, 2.24) is 9.55 Å². The molecule has 0 radical (unpaired) electrons. The van der Waals surface area contributed by atoms with Gasteiger partial charge in [-0.3, -0.25) is 9.36 Å². The molecule has 0 amide bonds. The fourth-order valence-corrected chi connectivity index (χ4v) is 4.73. The Morgan fingerprint density at radius 2 is 1.88 bits per heavy atom. The Morgan fingerprint density at radius 3 is 2.64 bits per heavy atom. The van der Waals surface area contributed by atoms with Crippen LogP contribution in [0.1, 0.15) is 11.3 Å². The summed E-state index contributed by atoms with van der Waals surface area (Å²) in [6.07, 6.45) is 0.828. The summed E-state index contributed by atoms with van der Waals surface area (Å²) in [6, 6.07) is 16.0. The third-order valence-electron chi connectivity index (χ3n) is 3.96. The predicted molar refractivity (Wildman–Crippen MR) is 100 cm³/mol. The molecule has 0 bridgehead atoms. The van der Waals surface area contributed by atoms with Gasteiger partial charge < -0.3 is 0 Å². The minimum Gasteiger partial charge on any atom is -0.268 e. The molecule has 3 nitrogen and oxygen atoms in total. The minimum absolute atomic E-state index is 0.000283. The van der Waals surface area contributed by atoms with Gasteiger partial charge in [-0.2, -0.15) is 0 Å². The van der Waals surface area contributed by atoms with E-state index >= 15 is 0 Å². The van der Waals surface area contributed by atoms with Crippen LogP contribution in [0.4, 0.5) is 4.39 Å². The van der Waals surface area contributed by atoms with Gasteiger partial charge >= 0.3 is 0 Å². The highest BCUT2D eigenvalue weighted by Crippen LogP contribution is 2.30. The van der Waals surface area contributed by atoms with Crippen LogP contribution in [0.25, 0.3) is 5.69 Å². The summed E-state index contributed by atoms with van der Waals surface area (Å²) in [5.41, 5.74) is 2.70. The summed E-state index contributed by atoms with van der Waals surface area (Å²) in [7, 11) is 0. The zero-order valence-electron chi connectivity index (χ0n) is 13.3. The second-order valence-corrected chi connectivity index (χ2v) is 7.71. The van der Waals surface area contributed by atoms with Crippen LogP contribution in [-0.4, -0.2) is 15.3 Å². The standard InChI is InChI=1S/C19H15FN2OS2/c20-14-8-6-13(7-9-14)12-25-19-21-16-10-11-24-17(16)18(23)22(19)15-4-2-1-3-5-15/h1-9H,10-12H2.